The highest BCUT2D eigenvalue weighted by Gasteiger charge is 2.26. The van der Waals surface area contributed by atoms with Crippen molar-refractivity contribution in [3.8, 4) is 0 Å². The zero-order chi connectivity index (χ0) is 17.2. The van der Waals surface area contributed by atoms with Crippen molar-refractivity contribution in [2.45, 2.75) is 33.6 Å². The first-order valence-electron chi connectivity index (χ1n) is 7.89. The Hall–Kier alpha value is -2.30. The molecule has 1 rings (SSSR count). The minimum atomic E-state index is -0.496. The standard InChI is InChI=1S/C18H26N2O3/c1-5-23-18(22)17(13(2)3)14(4)19-20-16(21)12-11-15-9-7-6-8-10-15/h6-10,13,17,19H,4-5,11-12H2,1-3H3,(H,20,21)/t17-/m1/s1. The fourth-order valence-electron chi connectivity index (χ4n) is 2.24. The fraction of sp³-hybridized carbons (Fsp3) is 0.444. The molecule has 1 atom stereocenters. The molecule has 23 heavy (non-hydrogen) atoms. The number of hydrogen-bond acceptors (Lipinski definition) is 4. The van der Waals surface area contributed by atoms with E-state index in [1.807, 2.05) is 44.2 Å². The van der Waals surface area contributed by atoms with Crippen molar-refractivity contribution in [2.75, 3.05) is 6.61 Å². The molecule has 0 saturated carbocycles. The molecule has 2 N–H and O–H groups in total. The van der Waals surface area contributed by atoms with Gasteiger partial charge in [0, 0.05) is 12.1 Å². The van der Waals surface area contributed by atoms with Crippen LogP contribution in [0.3, 0.4) is 0 Å². The van der Waals surface area contributed by atoms with Crippen molar-refractivity contribution in [2.24, 2.45) is 11.8 Å². The summed E-state index contributed by atoms with van der Waals surface area (Å²) in [6, 6.07) is 9.79. The van der Waals surface area contributed by atoms with Crippen molar-refractivity contribution in [3.05, 3.63) is 48.2 Å². The van der Waals surface area contributed by atoms with E-state index in [2.05, 4.69) is 17.4 Å². The second kappa shape index (κ2) is 9.66. The number of carbonyl (C=O) groups is 2. The Balaban J connectivity index is 2.43. The van der Waals surface area contributed by atoms with E-state index in [4.69, 9.17) is 4.74 Å². The monoisotopic (exact) mass is 318 g/mol. The number of benzene rings is 1. The number of amides is 1. The molecule has 0 aliphatic rings. The second-order valence-electron chi connectivity index (χ2n) is 5.66. The molecule has 0 bridgehead atoms. The SMILES string of the molecule is C=C(NNC(=O)CCc1ccccc1)[C@H](C(=O)OCC)C(C)C. The number of hydrogen-bond donors (Lipinski definition) is 2. The van der Waals surface area contributed by atoms with E-state index in [-0.39, 0.29) is 17.8 Å². The van der Waals surface area contributed by atoms with E-state index in [0.717, 1.165) is 5.56 Å². The molecular formula is C18H26N2O3. The van der Waals surface area contributed by atoms with E-state index >= 15 is 0 Å². The number of hydrazine groups is 1. The molecule has 0 aliphatic carbocycles. The summed E-state index contributed by atoms with van der Waals surface area (Å²) in [4.78, 5) is 23.8. The third-order valence-corrected chi connectivity index (χ3v) is 3.43. The predicted octanol–water partition coefficient (Wildman–Crippen LogP) is 2.59. The minimum Gasteiger partial charge on any atom is -0.465 e. The Kier molecular flexibility index (Phi) is 7.88. The molecular weight excluding hydrogens is 292 g/mol. The fourth-order valence-corrected chi connectivity index (χ4v) is 2.24. The summed E-state index contributed by atoms with van der Waals surface area (Å²) in [7, 11) is 0. The number of ether oxygens (including phenoxy) is 1. The quantitative estimate of drug-likeness (QED) is 0.542. The van der Waals surface area contributed by atoms with E-state index in [1.54, 1.807) is 6.92 Å². The van der Waals surface area contributed by atoms with Crippen LogP contribution in [0.15, 0.2) is 42.6 Å². The van der Waals surface area contributed by atoms with Crippen molar-refractivity contribution < 1.29 is 14.3 Å². The zero-order valence-corrected chi connectivity index (χ0v) is 14.1. The smallest absolute Gasteiger partial charge is 0.315 e. The van der Waals surface area contributed by atoms with Crippen LogP contribution >= 0.6 is 0 Å². The molecule has 0 spiro atoms. The van der Waals surface area contributed by atoms with Gasteiger partial charge in [-0.2, -0.15) is 0 Å². The van der Waals surface area contributed by atoms with E-state index in [0.29, 0.717) is 25.1 Å². The van der Waals surface area contributed by atoms with Gasteiger partial charge in [-0.1, -0.05) is 50.8 Å². The molecule has 1 aromatic carbocycles. The van der Waals surface area contributed by atoms with E-state index < -0.39 is 5.92 Å². The maximum atomic E-state index is 11.9. The van der Waals surface area contributed by atoms with Gasteiger partial charge in [-0.05, 0) is 24.8 Å². The van der Waals surface area contributed by atoms with Crippen molar-refractivity contribution in [1.82, 2.24) is 10.9 Å². The number of esters is 1. The Bertz CT molecular complexity index is 526. The average molecular weight is 318 g/mol. The van der Waals surface area contributed by atoms with Crippen LogP contribution in [0.2, 0.25) is 0 Å². The van der Waals surface area contributed by atoms with Gasteiger partial charge in [-0.25, -0.2) is 0 Å². The van der Waals surface area contributed by atoms with Gasteiger partial charge in [0.15, 0.2) is 0 Å². The highest BCUT2D eigenvalue weighted by molar-refractivity contribution is 5.77. The van der Waals surface area contributed by atoms with Crippen LogP contribution in [-0.4, -0.2) is 18.5 Å². The van der Waals surface area contributed by atoms with Crippen molar-refractivity contribution in [1.29, 1.82) is 0 Å². The largest absolute Gasteiger partial charge is 0.465 e. The molecule has 126 valence electrons. The highest BCUT2D eigenvalue weighted by Crippen LogP contribution is 2.18. The van der Waals surface area contributed by atoms with E-state index in [1.165, 1.54) is 0 Å². The van der Waals surface area contributed by atoms with Crippen LogP contribution in [0.1, 0.15) is 32.8 Å². The van der Waals surface area contributed by atoms with Crippen LogP contribution in [0.5, 0.6) is 0 Å². The summed E-state index contributed by atoms with van der Waals surface area (Å²) in [5.74, 6) is -0.959. The molecule has 0 fully saturated rings. The van der Waals surface area contributed by atoms with Crippen LogP contribution in [-0.2, 0) is 20.7 Å². The minimum absolute atomic E-state index is 0.0234. The molecule has 5 heteroatoms. The maximum Gasteiger partial charge on any atom is 0.315 e. The lowest BCUT2D eigenvalue weighted by Crippen LogP contribution is -2.41. The zero-order valence-electron chi connectivity index (χ0n) is 14.1. The lowest BCUT2D eigenvalue weighted by Gasteiger charge is -2.22. The molecule has 0 aliphatic heterocycles. The first-order chi connectivity index (χ1) is 11.0. The molecule has 0 aromatic heterocycles. The summed E-state index contributed by atoms with van der Waals surface area (Å²) >= 11 is 0. The molecule has 5 nitrogen and oxygen atoms in total. The first kappa shape index (κ1) is 18.7. The van der Waals surface area contributed by atoms with Crippen molar-refractivity contribution in [3.63, 3.8) is 0 Å². The highest BCUT2D eigenvalue weighted by atomic mass is 16.5. The van der Waals surface area contributed by atoms with Crippen LogP contribution in [0, 0.1) is 11.8 Å². The Labute approximate surface area is 138 Å². The van der Waals surface area contributed by atoms with Gasteiger partial charge < -0.3 is 10.2 Å². The number of carbonyl (C=O) groups excluding carboxylic acids is 2. The third kappa shape index (κ3) is 6.55. The first-order valence-corrected chi connectivity index (χ1v) is 7.89. The second-order valence-corrected chi connectivity index (χ2v) is 5.66. The molecule has 0 heterocycles. The Morgan fingerprint density at radius 2 is 1.83 bits per heavy atom. The number of aryl methyl sites for hydroxylation is 1. The molecule has 0 unspecified atom stereocenters. The summed E-state index contributed by atoms with van der Waals surface area (Å²) < 4.78 is 5.05. The number of nitrogens with one attached hydrogen (secondary N) is 2. The maximum absolute atomic E-state index is 11.9. The summed E-state index contributed by atoms with van der Waals surface area (Å²) in [5, 5.41) is 0. The lowest BCUT2D eigenvalue weighted by molar-refractivity contribution is -0.148. The summed E-state index contributed by atoms with van der Waals surface area (Å²) in [6.45, 7) is 9.74. The van der Waals surface area contributed by atoms with Gasteiger partial charge in [0.25, 0.3) is 0 Å². The molecule has 1 amide bonds. The van der Waals surface area contributed by atoms with Crippen LogP contribution in [0.25, 0.3) is 0 Å². The van der Waals surface area contributed by atoms with Crippen LogP contribution in [0.4, 0.5) is 0 Å². The normalized spacial score (nSPS) is 11.7. The predicted molar refractivity (Wildman–Crippen MR) is 90.1 cm³/mol. The van der Waals surface area contributed by atoms with Gasteiger partial charge >= 0.3 is 5.97 Å². The van der Waals surface area contributed by atoms with E-state index in [9.17, 15) is 9.59 Å². The van der Waals surface area contributed by atoms with Crippen LogP contribution < -0.4 is 10.9 Å². The summed E-state index contributed by atoms with van der Waals surface area (Å²) in [6.07, 6.45) is 1.02. The molecule has 0 radical (unpaired) electrons. The Morgan fingerprint density at radius 3 is 2.39 bits per heavy atom. The van der Waals surface area contributed by atoms with Crippen molar-refractivity contribution >= 4 is 11.9 Å². The average Bonchev–Trinajstić information content (AvgIpc) is 2.52. The Morgan fingerprint density at radius 1 is 1.17 bits per heavy atom. The lowest BCUT2D eigenvalue weighted by atomic mass is 9.93. The molecule has 0 saturated heterocycles. The van der Waals surface area contributed by atoms with Gasteiger partial charge in [0.1, 0.15) is 0 Å². The molecule has 1 aromatic rings. The third-order valence-electron chi connectivity index (χ3n) is 3.43. The van der Waals surface area contributed by atoms with Gasteiger partial charge in [-0.15, -0.1) is 0 Å². The summed E-state index contributed by atoms with van der Waals surface area (Å²) in [5.41, 5.74) is 6.87. The number of rotatable bonds is 9. The topological polar surface area (TPSA) is 67.4 Å². The van der Waals surface area contributed by atoms with Gasteiger partial charge in [0.05, 0.1) is 12.5 Å². The van der Waals surface area contributed by atoms with Gasteiger partial charge in [-0.3, -0.25) is 15.0 Å². The van der Waals surface area contributed by atoms with Gasteiger partial charge in [0.2, 0.25) is 5.91 Å².